The van der Waals surface area contributed by atoms with Crippen LogP contribution in [0.15, 0.2) is 218 Å². The fourth-order valence-corrected chi connectivity index (χ4v) is 10.6. The lowest BCUT2D eigenvalue weighted by Gasteiger charge is -2.16. The molecule has 1 unspecified atom stereocenters. The molecule has 4 aromatic heterocycles. The summed E-state index contributed by atoms with van der Waals surface area (Å²) in [5.41, 5.74) is 16.3. The first kappa shape index (κ1) is 39.8. The molecule has 5 heteroatoms. The Balaban J connectivity index is 1.01. The van der Waals surface area contributed by atoms with Crippen molar-refractivity contribution in [3.8, 4) is 51.0 Å². The Morgan fingerprint density at radius 3 is 1.28 bits per heavy atom. The average molecular weight is 874 g/mol. The van der Waals surface area contributed by atoms with Crippen LogP contribution in [0, 0.1) is 5.92 Å². The van der Waals surface area contributed by atoms with Gasteiger partial charge >= 0.3 is 0 Å². The van der Waals surface area contributed by atoms with E-state index >= 15 is 0 Å². The Morgan fingerprint density at radius 1 is 0.353 bits per heavy atom. The maximum absolute atomic E-state index is 5.42. The second-order valence-electron chi connectivity index (χ2n) is 18.3. The molecule has 9 aromatic carbocycles. The van der Waals surface area contributed by atoms with Gasteiger partial charge in [0.05, 0.1) is 44.5 Å². The number of benzene rings is 9. The minimum absolute atomic E-state index is 0.643. The fraction of sp³-hybridized carbons (Fsp3) is 0.0794. The molecule has 324 valence electrons. The molecule has 0 bridgehead atoms. The summed E-state index contributed by atoms with van der Waals surface area (Å²) in [6, 6.07) is 79.1. The predicted molar refractivity (Wildman–Crippen MR) is 285 cm³/mol. The summed E-state index contributed by atoms with van der Waals surface area (Å²) >= 11 is 0. The van der Waals surface area contributed by atoms with Crippen molar-refractivity contribution in [1.82, 2.24) is 23.7 Å². The first-order valence-corrected chi connectivity index (χ1v) is 23.8. The molecule has 0 saturated heterocycles. The molecular weight excluding hydrogens is 827 g/mol. The van der Waals surface area contributed by atoms with Crippen molar-refractivity contribution in [2.24, 2.45) is 5.92 Å². The zero-order valence-electron chi connectivity index (χ0n) is 38.0. The Labute approximate surface area is 394 Å². The number of nitrogens with zero attached hydrogens (tertiary/aromatic N) is 5. The van der Waals surface area contributed by atoms with Crippen LogP contribution >= 0.6 is 0 Å². The van der Waals surface area contributed by atoms with Gasteiger partial charge in [0.15, 0.2) is 5.82 Å². The lowest BCUT2D eigenvalue weighted by molar-refractivity contribution is 0.560. The molecule has 0 saturated carbocycles. The Morgan fingerprint density at radius 2 is 0.779 bits per heavy atom. The molecular formula is C63H47N5. The molecule has 0 amide bonds. The van der Waals surface area contributed by atoms with E-state index < -0.39 is 0 Å². The number of hydrogen-bond donors (Lipinski definition) is 0. The highest BCUT2D eigenvalue weighted by Gasteiger charge is 2.20. The van der Waals surface area contributed by atoms with Crippen molar-refractivity contribution in [3.63, 3.8) is 0 Å². The van der Waals surface area contributed by atoms with E-state index in [0.29, 0.717) is 11.7 Å². The van der Waals surface area contributed by atoms with Gasteiger partial charge < -0.3 is 13.7 Å². The van der Waals surface area contributed by atoms with Gasteiger partial charge in [-0.05, 0) is 96.8 Å². The van der Waals surface area contributed by atoms with Crippen LogP contribution in [0.2, 0.25) is 0 Å². The van der Waals surface area contributed by atoms with Crippen LogP contribution in [-0.2, 0) is 6.42 Å². The molecule has 0 aliphatic rings. The van der Waals surface area contributed by atoms with Crippen molar-refractivity contribution in [2.45, 2.75) is 26.7 Å². The van der Waals surface area contributed by atoms with Crippen LogP contribution in [0.25, 0.3) is 116 Å². The largest absolute Gasteiger partial charge is 0.309 e. The van der Waals surface area contributed by atoms with Gasteiger partial charge in [0.25, 0.3) is 0 Å². The van der Waals surface area contributed by atoms with E-state index in [1.165, 1.54) is 55.3 Å². The Bertz CT molecular complexity index is 3820. The maximum atomic E-state index is 5.42. The lowest BCUT2D eigenvalue weighted by Crippen LogP contribution is -2.01. The van der Waals surface area contributed by atoms with Gasteiger partial charge in [0, 0.05) is 66.1 Å². The fourth-order valence-electron chi connectivity index (χ4n) is 10.6. The van der Waals surface area contributed by atoms with Crippen molar-refractivity contribution in [3.05, 3.63) is 224 Å². The third kappa shape index (κ3) is 6.53. The number of fused-ring (bicyclic) bond motifs is 9. The molecule has 0 aliphatic heterocycles. The van der Waals surface area contributed by atoms with Gasteiger partial charge in [-0.3, -0.25) is 0 Å². The zero-order valence-corrected chi connectivity index (χ0v) is 38.0. The van der Waals surface area contributed by atoms with Gasteiger partial charge in [-0.1, -0.05) is 160 Å². The van der Waals surface area contributed by atoms with E-state index in [0.717, 1.165) is 73.6 Å². The second-order valence-corrected chi connectivity index (χ2v) is 18.3. The van der Waals surface area contributed by atoms with E-state index in [4.69, 9.17) is 9.97 Å². The molecule has 0 fully saturated rings. The average Bonchev–Trinajstić information content (AvgIpc) is 4.04. The topological polar surface area (TPSA) is 40.6 Å². The first-order valence-electron chi connectivity index (χ1n) is 23.8. The summed E-state index contributed by atoms with van der Waals surface area (Å²) in [5.74, 6) is 1.32. The highest BCUT2D eigenvalue weighted by Crippen LogP contribution is 2.39. The highest BCUT2D eigenvalue weighted by atomic mass is 15.0. The van der Waals surface area contributed by atoms with Gasteiger partial charge in [-0.15, -0.1) is 0 Å². The van der Waals surface area contributed by atoms with Gasteiger partial charge in [-0.2, -0.15) is 0 Å². The van der Waals surface area contributed by atoms with Gasteiger partial charge in [-0.25, -0.2) is 9.97 Å². The van der Waals surface area contributed by atoms with Crippen LogP contribution in [0.1, 0.15) is 25.8 Å². The van der Waals surface area contributed by atoms with Crippen molar-refractivity contribution in [2.75, 3.05) is 0 Å². The minimum atomic E-state index is 0.643. The molecule has 13 rings (SSSR count). The third-order valence-electron chi connectivity index (χ3n) is 14.1. The van der Waals surface area contributed by atoms with Crippen LogP contribution in [0.5, 0.6) is 0 Å². The van der Waals surface area contributed by atoms with Crippen molar-refractivity contribution in [1.29, 1.82) is 0 Å². The lowest BCUT2D eigenvalue weighted by atomic mass is 9.97. The summed E-state index contributed by atoms with van der Waals surface area (Å²) in [7, 11) is 0. The molecule has 68 heavy (non-hydrogen) atoms. The van der Waals surface area contributed by atoms with Crippen LogP contribution < -0.4 is 0 Å². The first-order chi connectivity index (χ1) is 33.6. The van der Waals surface area contributed by atoms with E-state index in [9.17, 15) is 0 Å². The molecule has 0 radical (unpaired) electrons. The molecule has 1 atom stereocenters. The normalized spacial score (nSPS) is 12.3. The molecule has 5 nitrogen and oxygen atoms in total. The highest BCUT2D eigenvalue weighted by molar-refractivity contribution is 6.11. The summed E-state index contributed by atoms with van der Waals surface area (Å²) in [6.07, 6.45) is 2.25. The quantitative estimate of drug-likeness (QED) is 0.145. The SMILES string of the molecule is CCC(C)Cc1ccc2c(c1)c1ccccc1n2-c1ccc(-c2cc(-c3cc(-n4c5ccccc5c5ccccc54)cc(-n4c5ccccc5c5ccccc54)c3)nc(-c3ccccc3)n2)cc1. The summed E-state index contributed by atoms with van der Waals surface area (Å²) in [5, 5.41) is 7.45. The van der Waals surface area contributed by atoms with E-state index in [1.54, 1.807) is 0 Å². The molecule has 4 heterocycles. The second kappa shape index (κ2) is 16.1. The summed E-state index contributed by atoms with van der Waals surface area (Å²) in [4.78, 5) is 10.7. The van der Waals surface area contributed by atoms with E-state index in [2.05, 4.69) is 240 Å². The number of aromatic nitrogens is 5. The third-order valence-corrected chi connectivity index (χ3v) is 14.1. The molecule has 0 spiro atoms. The number of rotatable bonds is 9. The predicted octanol–water partition coefficient (Wildman–Crippen LogP) is 16.4. The Hall–Kier alpha value is -8.54. The van der Waals surface area contributed by atoms with E-state index in [1.807, 2.05) is 6.07 Å². The summed E-state index contributed by atoms with van der Waals surface area (Å²) < 4.78 is 7.22. The minimum Gasteiger partial charge on any atom is -0.309 e. The van der Waals surface area contributed by atoms with Crippen molar-refractivity contribution >= 4 is 65.4 Å². The van der Waals surface area contributed by atoms with Crippen molar-refractivity contribution < 1.29 is 0 Å². The molecule has 0 N–H and O–H groups in total. The molecule has 13 aromatic rings. The maximum Gasteiger partial charge on any atom is 0.160 e. The van der Waals surface area contributed by atoms with Gasteiger partial charge in [0.1, 0.15) is 0 Å². The van der Waals surface area contributed by atoms with Crippen LogP contribution in [0.3, 0.4) is 0 Å². The van der Waals surface area contributed by atoms with E-state index in [-0.39, 0.29) is 0 Å². The standard InChI is InChI=1S/C63H47N5/c1-3-41(2)35-42-29-34-62-54(36-42)53-23-11-16-28-61(53)66(62)46-32-30-43(31-33-46)55-40-56(65-63(64-55)44-17-5-4-6-18-44)45-37-47(67-57-24-12-7-19-49(57)50-20-8-13-25-58(50)67)39-48(38-45)68-59-26-14-9-21-51(59)52-22-10-15-27-60(52)68/h4-34,36-41H,3,35H2,1-2H3. The Kier molecular flexibility index (Phi) is 9.43. The zero-order chi connectivity index (χ0) is 45.3. The number of para-hydroxylation sites is 5. The van der Waals surface area contributed by atoms with Crippen LogP contribution in [-0.4, -0.2) is 23.7 Å². The monoisotopic (exact) mass is 873 g/mol. The number of hydrogen-bond acceptors (Lipinski definition) is 2. The van der Waals surface area contributed by atoms with Gasteiger partial charge in [0.2, 0.25) is 0 Å². The van der Waals surface area contributed by atoms with Crippen LogP contribution in [0.4, 0.5) is 0 Å². The smallest absolute Gasteiger partial charge is 0.160 e. The molecule has 0 aliphatic carbocycles. The summed E-state index contributed by atoms with van der Waals surface area (Å²) in [6.45, 7) is 4.62.